The molecule has 27 heavy (non-hydrogen) atoms. The lowest BCUT2D eigenvalue weighted by molar-refractivity contribution is -0.115. The molecule has 0 unspecified atom stereocenters. The van der Waals surface area contributed by atoms with Gasteiger partial charge in [-0.05, 0) is 66.1 Å². The third-order valence-electron chi connectivity index (χ3n) is 3.34. The molecule has 0 radical (unpaired) electrons. The number of carbonyl (C=O) groups is 1. The molecule has 5 nitrogen and oxygen atoms in total. The van der Waals surface area contributed by atoms with E-state index in [1.807, 2.05) is 72.1 Å². The minimum Gasteiger partial charge on any atom is -0.332 e. The van der Waals surface area contributed by atoms with Gasteiger partial charge < -0.3 is 5.32 Å². The van der Waals surface area contributed by atoms with Gasteiger partial charge in [0.1, 0.15) is 0 Å². The number of rotatable bonds is 5. The highest BCUT2D eigenvalue weighted by atomic mass is 32.1. The second-order valence-corrected chi connectivity index (χ2v) is 6.76. The molecule has 3 rings (SSSR count). The molecule has 0 aliphatic rings. The standard InChI is InChI=1S/C20H16N4OS2/c25-19(13-12-18-7-4-14-27-18)22-20(26)21-15-8-10-17(11-9-15)24-23-16-5-2-1-3-6-16/h1-14H,(H2,21,22,25,26). The summed E-state index contributed by atoms with van der Waals surface area (Å²) in [6, 6.07) is 20.6. The van der Waals surface area contributed by atoms with Gasteiger partial charge in [-0.3, -0.25) is 10.1 Å². The Bertz CT molecular complexity index is 949. The smallest absolute Gasteiger partial charge is 0.250 e. The highest BCUT2D eigenvalue weighted by Crippen LogP contribution is 2.20. The molecular formula is C20H16N4OS2. The number of anilines is 1. The summed E-state index contributed by atoms with van der Waals surface area (Å²) >= 11 is 6.72. The Morgan fingerprint density at radius 2 is 1.63 bits per heavy atom. The van der Waals surface area contributed by atoms with E-state index in [2.05, 4.69) is 20.9 Å². The molecule has 2 aromatic carbocycles. The van der Waals surface area contributed by atoms with E-state index in [9.17, 15) is 4.79 Å². The molecule has 0 aliphatic carbocycles. The number of hydrogen-bond donors (Lipinski definition) is 2. The van der Waals surface area contributed by atoms with Crippen molar-refractivity contribution in [3.05, 3.63) is 83.1 Å². The van der Waals surface area contributed by atoms with Crippen molar-refractivity contribution in [3.63, 3.8) is 0 Å². The molecule has 3 aromatic rings. The molecule has 1 heterocycles. The average molecular weight is 393 g/mol. The molecule has 0 aliphatic heterocycles. The molecule has 1 aromatic heterocycles. The van der Waals surface area contributed by atoms with Crippen LogP contribution < -0.4 is 10.6 Å². The number of azo groups is 1. The van der Waals surface area contributed by atoms with Gasteiger partial charge in [-0.15, -0.1) is 11.3 Å². The first kappa shape index (κ1) is 18.6. The van der Waals surface area contributed by atoms with E-state index in [1.165, 1.54) is 6.08 Å². The Hall–Kier alpha value is -3.16. The highest BCUT2D eigenvalue weighted by molar-refractivity contribution is 7.80. The highest BCUT2D eigenvalue weighted by Gasteiger charge is 2.02. The Balaban J connectivity index is 1.51. The third-order valence-corrected chi connectivity index (χ3v) is 4.38. The molecule has 2 N–H and O–H groups in total. The number of benzene rings is 2. The summed E-state index contributed by atoms with van der Waals surface area (Å²) in [6.07, 6.45) is 3.20. The maximum atomic E-state index is 11.9. The summed E-state index contributed by atoms with van der Waals surface area (Å²) in [5.41, 5.74) is 2.26. The molecular weight excluding hydrogens is 376 g/mol. The number of nitrogens with zero attached hydrogens (tertiary/aromatic N) is 2. The quantitative estimate of drug-likeness (QED) is 0.333. The van der Waals surface area contributed by atoms with Gasteiger partial charge in [-0.25, -0.2) is 0 Å². The summed E-state index contributed by atoms with van der Waals surface area (Å²) < 4.78 is 0. The van der Waals surface area contributed by atoms with Crippen LogP contribution in [0.5, 0.6) is 0 Å². The zero-order valence-electron chi connectivity index (χ0n) is 14.2. The van der Waals surface area contributed by atoms with E-state index in [0.29, 0.717) is 0 Å². The maximum Gasteiger partial charge on any atom is 0.250 e. The van der Waals surface area contributed by atoms with E-state index in [1.54, 1.807) is 17.4 Å². The molecule has 7 heteroatoms. The van der Waals surface area contributed by atoms with Crippen LogP contribution in [0.3, 0.4) is 0 Å². The second kappa shape index (κ2) is 9.51. The van der Waals surface area contributed by atoms with Crippen LogP contribution in [-0.2, 0) is 4.79 Å². The summed E-state index contributed by atoms with van der Waals surface area (Å²) in [4.78, 5) is 12.9. The van der Waals surface area contributed by atoms with Crippen molar-refractivity contribution in [1.29, 1.82) is 0 Å². The van der Waals surface area contributed by atoms with Gasteiger partial charge in [-0.2, -0.15) is 10.2 Å². The molecule has 0 saturated carbocycles. The lowest BCUT2D eigenvalue weighted by atomic mass is 10.3. The summed E-state index contributed by atoms with van der Waals surface area (Å²) in [6.45, 7) is 0. The van der Waals surface area contributed by atoms with Crippen molar-refractivity contribution in [2.75, 3.05) is 5.32 Å². The van der Waals surface area contributed by atoms with Crippen molar-refractivity contribution < 1.29 is 4.79 Å². The largest absolute Gasteiger partial charge is 0.332 e. The Morgan fingerprint density at radius 3 is 2.30 bits per heavy atom. The van der Waals surface area contributed by atoms with Gasteiger partial charge in [0.2, 0.25) is 5.91 Å². The topological polar surface area (TPSA) is 65.8 Å². The molecule has 0 bridgehead atoms. The predicted molar refractivity (Wildman–Crippen MR) is 115 cm³/mol. The van der Waals surface area contributed by atoms with E-state index in [4.69, 9.17) is 12.2 Å². The molecule has 0 saturated heterocycles. The summed E-state index contributed by atoms with van der Waals surface area (Å²) in [5.74, 6) is -0.283. The Kier molecular flexibility index (Phi) is 6.56. The van der Waals surface area contributed by atoms with E-state index in [0.717, 1.165) is 21.9 Å². The average Bonchev–Trinajstić information content (AvgIpc) is 3.20. The lowest BCUT2D eigenvalue weighted by Crippen LogP contribution is -2.32. The van der Waals surface area contributed by atoms with Crippen LogP contribution in [0.1, 0.15) is 4.88 Å². The van der Waals surface area contributed by atoms with E-state index < -0.39 is 0 Å². The van der Waals surface area contributed by atoms with Gasteiger partial charge in [0.25, 0.3) is 0 Å². The number of thiophene rings is 1. The summed E-state index contributed by atoms with van der Waals surface area (Å²) in [5, 5.41) is 16.1. The van der Waals surface area contributed by atoms with Crippen LogP contribution in [0, 0.1) is 0 Å². The molecule has 1 amide bonds. The summed E-state index contributed by atoms with van der Waals surface area (Å²) in [7, 11) is 0. The van der Waals surface area contributed by atoms with Crippen molar-refractivity contribution in [3.8, 4) is 0 Å². The van der Waals surface area contributed by atoms with E-state index >= 15 is 0 Å². The van der Waals surface area contributed by atoms with Crippen LogP contribution in [0.15, 0.2) is 88.4 Å². The maximum absolute atomic E-state index is 11.9. The number of thiocarbonyl (C=S) groups is 1. The van der Waals surface area contributed by atoms with Gasteiger partial charge in [0.15, 0.2) is 5.11 Å². The van der Waals surface area contributed by atoms with Gasteiger partial charge in [0.05, 0.1) is 11.4 Å². The van der Waals surface area contributed by atoms with E-state index in [-0.39, 0.29) is 11.0 Å². The molecule has 0 atom stereocenters. The van der Waals surface area contributed by atoms with Crippen molar-refractivity contribution in [2.45, 2.75) is 0 Å². The fraction of sp³-hybridized carbons (Fsp3) is 0. The zero-order chi connectivity index (χ0) is 18.9. The number of hydrogen-bond acceptors (Lipinski definition) is 5. The Morgan fingerprint density at radius 1 is 0.926 bits per heavy atom. The normalized spacial score (nSPS) is 11.0. The molecule has 0 spiro atoms. The fourth-order valence-corrected chi connectivity index (χ4v) is 2.92. The van der Waals surface area contributed by atoms with Crippen LogP contribution in [-0.4, -0.2) is 11.0 Å². The van der Waals surface area contributed by atoms with Gasteiger partial charge in [-0.1, -0.05) is 24.3 Å². The van der Waals surface area contributed by atoms with Crippen LogP contribution in [0.2, 0.25) is 0 Å². The zero-order valence-corrected chi connectivity index (χ0v) is 15.8. The van der Waals surface area contributed by atoms with Crippen molar-refractivity contribution >= 4 is 57.7 Å². The number of amides is 1. The predicted octanol–water partition coefficient (Wildman–Crippen LogP) is 5.69. The second-order valence-electron chi connectivity index (χ2n) is 5.37. The van der Waals surface area contributed by atoms with Crippen LogP contribution in [0.4, 0.5) is 17.1 Å². The monoisotopic (exact) mass is 392 g/mol. The van der Waals surface area contributed by atoms with Crippen molar-refractivity contribution in [1.82, 2.24) is 5.32 Å². The van der Waals surface area contributed by atoms with Crippen molar-refractivity contribution in [2.24, 2.45) is 10.2 Å². The molecule has 134 valence electrons. The van der Waals surface area contributed by atoms with Gasteiger partial charge >= 0.3 is 0 Å². The van der Waals surface area contributed by atoms with Crippen LogP contribution >= 0.6 is 23.6 Å². The SMILES string of the molecule is O=C(C=Cc1cccs1)NC(=S)Nc1ccc(N=Nc2ccccc2)cc1. The molecule has 0 fully saturated rings. The van der Waals surface area contributed by atoms with Gasteiger partial charge in [0, 0.05) is 16.6 Å². The Labute approximate surface area is 166 Å². The fourth-order valence-electron chi connectivity index (χ4n) is 2.08. The first-order valence-corrected chi connectivity index (χ1v) is 9.38. The lowest BCUT2D eigenvalue weighted by Gasteiger charge is -2.08. The first-order chi connectivity index (χ1) is 13.2. The minimum atomic E-state index is -0.283. The number of carbonyl (C=O) groups excluding carboxylic acids is 1. The minimum absolute atomic E-state index is 0.231. The first-order valence-electron chi connectivity index (χ1n) is 8.09. The number of nitrogens with one attached hydrogen (secondary N) is 2. The third kappa shape index (κ3) is 6.25. The van der Waals surface area contributed by atoms with Crippen LogP contribution in [0.25, 0.3) is 6.08 Å².